The molecule has 2 bridgehead atoms. The summed E-state index contributed by atoms with van der Waals surface area (Å²) in [5.41, 5.74) is 3.49. The fourth-order valence-electron chi connectivity index (χ4n) is 4.60. The van der Waals surface area contributed by atoms with Crippen molar-refractivity contribution in [2.45, 2.75) is 32.1 Å². The zero-order valence-corrected chi connectivity index (χ0v) is 15.0. The summed E-state index contributed by atoms with van der Waals surface area (Å²) in [4.78, 5) is 18.8. The van der Waals surface area contributed by atoms with E-state index in [9.17, 15) is 4.79 Å². The number of rotatable bonds is 2. The van der Waals surface area contributed by atoms with E-state index in [-0.39, 0.29) is 17.3 Å². The minimum atomic E-state index is -0.241. The minimum absolute atomic E-state index is 0.0377. The molecular weight excluding hydrogens is 312 g/mol. The van der Waals surface area contributed by atoms with Crippen molar-refractivity contribution in [2.24, 2.45) is 5.41 Å². The maximum absolute atomic E-state index is 12.7. The summed E-state index contributed by atoms with van der Waals surface area (Å²) in [5, 5.41) is 1.24. The first-order valence-electron chi connectivity index (χ1n) is 9.23. The first kappa shape index (κ1) is 16.4. The van der Waals surface area contributed by atoms with E-state index in [0.717, 1.165) is 50.1 Å². The van der Waals surface area contributed by atoms with Gasteiger partial charge in [0.2, 0.25) is 0 Å². The number of H-pyrrole nitrogens is 1. The Bertz CT molecular complexity index is 822. The van der Waals surface area contributed by atoms with E-state index >= 15 is 0 Å². The topological polar surface area (TPSA) is 45.3 Å². The summed E-state index contributed by atoms with van der Waals surface area (Å²) >= 11 is 0. The van der Waals surface area contributed by atoms with Crippen LogP contribution >= 0.6 is 0 Å². The van der Waals surface area contributed by atoms with E-state index in [1.54, 1.807) is 0 Å². The second kappa shape index (κ2) is 6.34. The lowest BCUT2D eigenvalue weighted by atomic mass is 9.74. The van der Waals surface area contributed by atoms with E-state index in [1.165, 1.54) is 18.1 Å². The number of aromatic amines is 1. The van der Waals surface area contributed by atoms with Gasteiger partial charge in [-0.2, -0.15) is 0 Å². The van der Waals surface area contributed by atoms with Crippen molar-refractivity contribution >= 4 is 16.9 Å². The van der Waals surface area contributed by atoms with Gasteiger partial charge in [-0.3, -0.25) is 9.69 Å². The molecular formula is C21H26N2O2. The molecule has 4 heteroatoms. The Balaban J connectivity index is 1.88. The summed E-state index contributed by atoms with van der Waals surface area (Å²) in [6.45, 7) is 5.28. The first-order chi connectivity index (χ1) is 12.2. The van der Waals surface area contributed by atoms with Crippen molar-refractivity contribution < 1.29 is 9.53 Å². The van der Waals surface area contributed by atoms with Gasteiger partial charge >= 0.3 is 5.97 Å². The van der Waals surface area contributed by atoms with Gasteiger partial charge in [0.15, 0.2) is 0 Å². The van der Waals surface area contributed by atoms with Crippen molar-refractivity contribution in [1.82, 2.24) is 9.88 Å². The number of nitrogens with zero attached hydrogens (tertiary/aromatic N) is 1. The number of nitrogens with one attached hydrogen (secondary N) is 1. The largest absolute Gasteiger partial charge is 0.469 e. The Morgan fingerprint density at radius 3 is 3.04 bits per heavy atom. The number of carbonyl (C=O) groups excluding carboxylic acids is 1. The van der Waals surface area contributed by atoms with Gasteiger partial charge in [0.05, 0.1) is 13.0 Å². The molecule has 25 heavy (non-hydrogen) atoms. The number of carbonyl (C=O) groups is 1. The Labute approximate surface area is 148 Å². The quantitative estimate of drug-likeness (QED) is 0.672. The van der Waals surface area contributed by atoms with Crippen LogP contribution in [0.2, 0.25) is 0 Å². The van der Waals surface area contributed by atoms with Crippen LogP contribution in [0.25, 0.3) is 10.9 Å². The van der Waals surface area contributed by atoms with Crippen LogP contribution in [0.15, 0.2) is 36.4 Å². The Morgan fingerprint density at radius 2 is 2.24 bits per heavy atom. The lowest BCUT2D eigenvalue weighted by Gasteiger charge is -2.39. The molecule has 0 radical (unpaired) electrons. The maximum Gasteiger partial charge on any atom is 0.314 e. The number of ether oxygens (including phenoxy) is 1. The van der Waals surface area contributed by atoms with E-state index in [1.807, 2.05) is 6.07 Å². The molecule has 3 atom stereocenters. The maximum atomic E-state index is 12.7. The molecule has 1 N–H and O–H groups in total. The fourth-order valence-corrected chi connectivity index (χ4v) is 4.60. The van der Waals surface area contributed by atoms with Gasteiger partial charge in [0, 0.05) is 41.6 Å². The number of fused-ring (bicyclic) bond motifs is 5. The van der Waals surface area contributed by atoms with Gasteiger partial charge < -0.3 is 9.72 Å². The lowest BCUT2D eigenvalue weighted by molar-refractivity contribution is -0.143. The van der Waals surface area contributed by atoms with Crippen molar-refractivity contribution in [2.75, 3.05) is 26.7 Å². The van der Waals surface area contributed by atoms with Crippen molar-refractivity contribution in [3.05, 3.63) is 47.7 Å². The van der Waals surface area contributed by atoms with Crippen LogP contribution in [0.4, 0.5) is 0 Å². The van der Waals surface area contributed by atoms with E-state index < -0.39 is 0 Å². The molecule has 1 aromatic carbocycles. The van der Waals surface area contributed by atoms with Gasteiger partial charge in [-0.25, -0.2) is 0 Å². The Hall–Kier alpha value is -2.07. The summed E-state index contributed by atoms with van der Waals surface area (Å²) < 4.78 is 5.21. The first-order valence-corrected chi connectivity index (χ1v) is 9.23. The summed E-state index contributed by atoms with van der Waals surface area (Å²) in [7, 11) is 1.50. The highest BCUT2D eigenvalue weighted by molar-refractivity contribution is 5.88. The molecule has 0 spiro atoms. The molecule has 2 aromatic rings. The van der Waals surface area contributed by atoms with Gasteiger partial charge in [-0.15, -0.1) is 0 Å². The number of hydrogen-bond donors (Lipinski definition) is 1. The smallest absolute Gasteiger partial charge is 0.314 e. The van der Waals surface area contributed by atoms with Crippen molar-refractivity contribution in [3.63, 3.8) is 0 Å². The highest BCUT2D eigenvalue weighted by Gasteiger charge is 2.39. The zero-order chi connectivity index (χ0) is 17.4. The number of benzene rings is 1. The standard InChI is InChI=1S/C21H26N2O2/c1-3-21-10-6-11-23(14-21)12-9-16-15-7-4-5-8-18(15)22-19(16)17(13-21)20(24)25-2/h4-8,10,17,22H,3,9,11-14H2,1-2H3/t17-,21-/m0/s1. The number of methoxy groups -OCH3 is 1. The van der Waals surface area contributed by atoms with Gasteiger partial charge in [0.1, 0.15) is 0 Å². The van der Waals surface area contributed by atoms with Crippen LogP contribution < -0.4 is 0 Å². The zero-order valence-electron chi connectivity index (χ0n) is 15.0. The van der Waals surface area contributed by atoms with E-state index in [4.69, 9.17) is 4.74 Å². The molecule has 2 aliphatic heterocycles. The van der Waals surface area contributed by atoms with E-state index in [2.05, 4.69) is 47.2 Å². The number of aromatic nitrogens is 1. The van der Waals surface area contributed by atoms with Crippen LogP contribution in [-0.4, -0.2) is 42.6 Å². The average Bonchev–Trinajstić information content (AvgIpc) is 3.03. The minimum Gasteiger partial charge on any atom is -0.469 e. The highest BCUT2D eigenvalue weighted by Crippen LogP contribution is 2.42. The molecule has 1 aromatic heterocycles. The molecule has 0 aliphatic carbocycles. The Kier molecular flexibility index (Phi) is 4.16. The molecule has 0 amide bonds. The van der Waals surface area contributed by atoms with Crippen molar-refractivity contribution in [1.29, 1.82) is 0 Å². The Morgan fingerprint density at radius 1 is 1.40 bits per heavy atom. The van der Waals surface area contributed by atoms with Crippen LogP contribution in [0.5, 0.6) is 0 Å². The number of esters is 1. The van der Waals surface area contributed by atoms with Crippen LogP contribution in [0, 0.1) is 5.41 Å². The fraction of sp³-hybridized carbons (Fsp3) is 0.476. The lowest BCUT2D eigenvalue weighted by Crippen LogP contribution is -2.41. The molecule has 1 unspecified atom stereocenters. The molecule has 0 saturated carbocycles. The SMILES string of the molecule is CC[C@]12C=CCN(CCc3c([nH]c4ccccc34)[C@@H](C(=O)OC)C1)C2. The summed E-state index contributed by atoms with van der Waals surface area (Å²) in [5.74, 6) is -0.372. The molecule has 3 heterocycles. The van der Waals surface area contributed by atoms with Gasteiger partial charge in [-0.05, 0) is 30.9 Å². The monoisotopic (exact) mass is 338 g/mol. The van der Waals surface area contributed by atoms with Crippen LogP contribution in [0.3, 0.4) is 0 Å². The average molecular weight is 338 g/mol. The highest BCUT2D eigenvalue weighted by atomic mass is 16.5. The van der Waals surface area contributed by atoms with Crippen LogP contribution in [0.1, 0.15) is 36.9 Å². The number of hydrogen-bond acceptors (Lipinski definition) is 3. The number of para-hydroxylation sites is 1. The van der Waals surface area contributed by atoms with Crippen LogP contribution in [-0.2, 0) is 16.0 Å². The molecule has 132 valence electrons. The predicted molar refractivity (Wildman–Crippen MR) is 99.7 cm³/mol. The summed E-state index contributed by atoms with van der Waals surface area (Å²) in [6.07, 6.45) is 7.40. The second-order valence-corrected chi connectivity index (χ2v) is 7.45. The third-order valence-electron chi connectivity index (χ3n) is 6.05. The molecule has 4 nitrogen and oxygen atoms in total. The van der Waals surface area contributed by atoms with E-state index in [0.29, 0.717) is 0 Å². The molecule has 4 rings (SSSR count). The molecule has 0 saturated heterocycles. The molecule has 2 aliphatic rings. The molecule has 0 fully saturated rings. The third kappa shape index (κ3) is 2.78. The van der Waals surface area contributed by atoms with Gasteiger partial charge in [-0.1, -0.05) is 37.3 Å². The van der Waals surface area contributed by atoms with Crippen molar-refractivity contribution in [3.8, 4) is 0 Å². The third-order valence-corrected chi connectivity index (χ3v) is 6.05. The summed E-state index contributed by atoms with van der Waals surface area (Å²) in [6, 6.07) is 8.37. The van der Waals surface area contributed by atoms with Gasteiger partial charge in [0.25, 0.3) is 0 Å². The predicted octanol–water partition coefficient (Wildman–Crippen LogP) is 3.64. The second-order valence-electron chi connectivity index (χ2n) is 7.45. The normalized spacial score (nSPS) is 28.7.